The number of nitrogens with two attached hydrogens (primary N) is 1. The highest BCUT2D eigenvalue weighted by Gasteiger charge is 2.13. The molecule has 0 radical (unpaired) electrons. The van der Waals surface area contributed by atoms with Gasteiger partial charge in [0.25, 0.3) is 0 Å². The van der Waals surface area contributed by atoms with Crippen LogP contribution in [0, 0.1) is 5.92 Å². The van der Waals surface area contributed by atoms with E-state index in [0.29, 0.717) is 12.3 Å². The van der Waals surface area contributed by atoms with Crippen LogP contribution in [-0.4, -0.2) is 32.3 Å². The number of amides is 1. The van der Waals surface area contributed by atoms with E-state index < -0.39 is 0 Å². The molecule has 0 saturated carbocycles. The van der Waals surface area contributed by atoms with Crippen LogP contribution in [-0.2, 0) is 14.3 Å². The monoisotopic (exact) mass is 230 g/mol. The Morgan fingerprint density at radius 3 is 2.81 bits per heavy atom. The molecule has 16 heavy (non-hydrogen) atoms. The van der Waals surface area contributed by atoms with Crippen LogP contribution >= 0.6 is 0 Å². The number of hydrogen-bond acceptors (Lipinski definition) is 4. The van der Waals surface area contributed by atoms with Crippen molar-refractivity contribution >= 4 is 5.91 Å². The summed E-state index contributed by atoms with van der Waals surface area (Å²) >= 11 is 0. The van der Waals surface area contributed by atoms with Crippen LogP contribution in [0.1, 0.15) is 32.1 Å². The Hall–Kier alpha value is -0.650. The van der Waals surface area contributed by atoms with Crippen LogP contribution < -0.4 is 11.3 Å². The van der Waals surface area contributed by atoms with Gasteiger partial charge in [0, 0.05) is 32.8 Å². The molecule has 0 aromatic rings. The first kappa shape index (κ1) is 13.4. The fraction of sp³-hybridized carbons (Fsp3) is 0.909. The maximum atomic E-state index is 10.8. The number of ether oxygens (including phenoxy) is 2. The fourth-order valence-corrected chi connectivity index (χ4v) is 1.72. The molecular formula is C11H22N2O3. The molecule has 0 aromatic heterocycles. The molecule has 1 rings (SSSR count). The average molecular weight is 230 g/mol. The summed E-state index contributed by atoms with van der Waals surface area (Å²) in [4.78, 5) is 10.8. The van der Waals surface area contributed by atoms with Crippen LogP contribution in [0.5, 0.6) is 0 Å². The molecule has 5 heteroatoms. The number of rotatable bonds is 7. The molecule has 3 N–H and O–H groups in total. The number of carbonyl (C=O) groups is 1. The predicted molar refractivity (Wildman–Crippen MR) is 60.5 cm³/mol. The zero-order valence-electron chi connectivity index (χ0n) is 9.74. The van der Waals surface area contributed by atoms with Crippen molar-refractivity contribution in [2.24, 2.45) is 11.8 Å². The van der Waals surface area contributed by atoms with Crippen LogP contribution in [0.3, 0.4) is 0 Å². The maximum Gasteiger partial charge on any atom is 0.233 e. The number of hydrogen-bond donors (Lipinski definition) is 2. The van der Waals surface area contributed by atoms with E-state index in [9.17, 15) is 4.79 Å². The number of carbonyl (C=O) groups excluding carboxylic acids is 1. The summed E-state index contributed by atoms with van der Waals surface area (Å²) in [6, 6.07) is 0. The first-order valence-electron chi connectivity index (χ1n) is 5.98. The quantitative estimate of drug-likeness (QED) is 0.290. The van der Waals surface area contributed by atoms with E-state index in [1.54, 1.807) is 0 Å². The summed E-state index contributed by atoms with van der Waals surface area (Å²) in [6.45, 7) is 3.29. The number of hydrazine groups is 1. The van der Waals surface area contributed by atoms with Crippen molar-refractivity contribution in [1.82, 2.24) is 5.43 Å². The van der Waals surface area contributed by atoms with Gasteiger partial charge in [-0.1, -0.05) is 0 Å². The van der Waals surface area contributed by atoms with Crippen molar-refractivity contribution < 1.29 is 14.3 Å². The molecule has 1 amide bonds. The van der Waals surface area contributed by atoms with Gasteiger partial charge < -0.3 is 9.47 Å². The smallest absolute Gasteiger partial charge is 0.233 e. The Morgan fingerprint density at radius 1 is 1.38 bits per heavy atom. The molecule has 0 aliphatic carbocycles. The van der Waals surface area contributed by atoms with Gasteiger partial charge in [-0.3, -0.25) is 10.2 Å². The third-order valence-corrected chi connectivity index (χ3v) is 2.80. The zero-order valence-corrected chi connectivity index (χ0v) is 9.74. The summed E-state index contributed by atoms with van der Waals surface area (Å²) in [7, 11) is 0. The molecular weight excluding hydrogens is 208 g/mol. The topological polar surface area (TPSA) is 73.6 Å². The van der Waals surface area contributed by atoms with Crippen LogP contribution in [0.15, 0.2) is 0 Å². The Bertz CT molecular complexity index is 194. The van der Waals surface area contributed by atoms with Gasteiger partial charge in [-0.15, -0.1) is 0 Å². The Kier molecular flexibility index (Phi) is 7.12. The summed E-state index contributed by atoms with van der Waals surface area (Å²) in [5.74, 6) is 5.51. The average Bonchev–Trinajstić information content (AvgIpc) is 2.34. The molecule has 0 bridgehead atoms. The van der Waals surface area contributed by atoms with Gasteiger partial charge in [0.1, 0.15) is 0 Å². The second-order valence-corrected chi connectivity index (χ2v) is 4.16. The van der Waals surface area contributed by atoms with Gasteiger partial charge in [0.2, 0.25) is 5.91 Å². The molecule has 0 aromatic carbocycles. The van der Waals surface area contributed by atoms with Gasteiger partial charge >= 0.3 is 0 Å². The lowest BCUT2D eigenvalue weighted by molar-refractivity contribution is -0.121. The van der Waals surface area contributed by atoms with E-state index in [4.69, 9.17) is 15.3 Å². The number of unbranched alkanes of at least 4 members (excludes halogenated alkanes) is 1. The molecule has 1 aliphatic rings. The SMILES string of the molecule is NNC(=O)CCCCOCC1CCOCC1. The zero-order chi connectivity index (χ0) is 11.6. The third kappa shape index (κ3) is 6.05. The molecule has 1 fully saturated rings. The summed E-state index contributed by atoms with van der Waals surface area (Å²) in [5.41, 5.74) is 2.11. The second-order valence-electron chi connectivity index (χ2n) is 4.16. The Labute approximate surface area is 96.6 Å². The summed E-state index contributed by atoms with van der Waals surface area (Å²) in [6.07, 6.45) is 4.44. The molecule has 0 unspecified atom stereocenters. The van der Waals surface area contributed by atoms with E-state index in [1.807, 2.05) is 0 Å². The predicted octanol–water partition coefficient (Wildman–Crippen LogP) is 0.590. The lowest BCUT2D eigenvalue weighted by Gasteiger charge is -2.21. The van der Waals surface area contributed by atoms with E-state index in [0.717, 1.165) is 52.1 Å². The highest BCUT2D eigenvalue weighted by atomic mass is 16.5. The van der Waals surface area contributed by atoms with Gasteiger partial charge in [-0.25, -0.2) is 5.84 Å². The Morgan fingerprint density at radius 2 is 2.12 bits per heavy atom. The minimum Gasteiger partial charge on any atom is -0.381 e. The first-order valence-corrected chi connectivity index (χ1v) is 5.98. The molecule has 1 heterocycles. The lowest BCUT2D eigenvalue weighted by Crippen LogP contribution is -2.29. The molecule has 1 aliphatic heterocycles. The van der Waals surface area contributed by atoms with Crippen molar-refractivity contribution in [2.75, 3.05) is 26.4 Å². The summed E-state index contributed by atoms with van der Waals surface area (Å²) < 4.78 is 10.8. The number of nitrogens with one attached hydrogen (secondary N) is 1. The summed E-state index contributed by atoms with van der Waals surface area (Å²) in [5, 5.41) is 0. The Balaban J connectivity index is 1.85. The van der Waals surface area contributed by atoms with Gasteiger partial charge in [-0.2, -0.15) is 0 Å². The van der Waals surface area contributed by atoms with E-state index in [-0.39, 0.29) is 5.91 Å². The maximum absolute atomic E-state index is 10.8. The van der Waals surface area contributed by atoms with Crippen molar-refractivity contribution in [3.8, 4) is 0 Å². The van der Waals surface area contributed by atoms with E-state index in [1.165, 1.54) is 0 Å². The highest BCUT2D eigenvalue weighted by Crippen LogP contribution is 2.14. The molecule has 1 saturated heterocycles. The van der Waals surface area contributed by atoms with Gasteiger partial charge in [0.15, 0.2) is 0 Å². The minimum absolute atomic E-state index is 0.107. The minimum atomic E-state index is -0.107. The van der Waals surface area contributed by atoms with Crippen LogP contribution in [0.25, 0.3) is 0 Å². The molecule has 94 valence electrons. The lowest BCUT2D eigenvalue weighted by atomic mass is 10.0. The molecule has 0 spiro atoms. The van der Waals surface area contributed by atoms with E-state index >= 15 is 0 Å². The van der Waals surface area contributed by atoms with Crippen molar-refractivity contribution in [3.05, 3.63) is 0 Å². The highest BCUT2D eigenvalue weighted by molar-refractivity contribution is 5.74. The second kappa shape index (κ2) is 8.50. The van der Waals surface area contributed by atoms with Crippen molar-refractivity contribution in [3.63, 3.8) is 0 Å². The standard InChI is InChI=1S/C11H22N2O3/c12-13-11(14)3-1-2-6-16-9-10-4-7-15-8-5-10/h10H,1-9,12H2,(H,13,14). The largest absolute Gasteiger partial charge is 0.381 e. The van der Waals surface area contributed by atoms with Crippen molar-refractivity contribution in [1.29, 1.82) is 0 Å². The molecule has 5 nitrogen and oxygen atoms in total. The first-order chi connectivity index (χ1) is 7.83. The van der Waals surface area contributed by atoms with Gasteiger partial charge in [0.05, 0.1) is 0 Å². The third-order valence-electron chi connectivity index (χ3n) is 2.80. The molecule has 0 atom stereocenters. The van der Waals surface area contributed by atoms with Gasteiger partial charge in [-0.05, 0) is 31.6 Å². The fourth-order valence-electron chi connectivity index (χ4n) is 1.72. The van der Waals surface area contributed by atoms with Crippen molar-refractivity contribution in [2.45, 2.75) is 32.1 Å². The normalized spacial score (nSPS) is 17.3. The van der Waals surface area contributed by atoms with E-state index in [2.05, 4.69) is 5.43 Å². The van der Waals surface area contributed by atoms with Crippen LogP contribution in [0.2, 0.25) is 0 Å². The van der Waals surface area contributed by atoms with Crippen LogP contribution in [0.4, 0.5) is 0 Å².